The average molecular weight is 422 g/mol. The standard InChI is InChI=1S/C19H23FN4O4S/c1-24(17(26)16-6-5-15(10-25)28-16)9-14-11-29-19(22-14)23-18(27)21-8-12-3-2-4-13(20)7-12/h2-4,7,11,15-16,25H,5-6,8-10H2,1H3,(H2,21,22,23,27)/t15-,16?/m1/s1. The number of carbonyl (C=O) groups excluding carboxylic acids is 2. The fraction of sp³-hybridized carbons (Fsp3) is 0.421. The van der Waals surface area contributed by atoms with Crippen LogP contribution in [0.5, 0.6) is 0 Å². The van der Waals surface area contributed by atoms with Crippen molar-refractivity contribution in [1.29, 1.82) is 0 Å². The molecule has 1 aliphatic rings. The first-order valence-corrected chi connectivity index (χ1v) is 10.1. The second kappa shape index (κ2) is 9.77. The van der Waals surface area contributed by atoms with Gasteiger partial charge >= 0.3 is 6.03 Å². The van der Waals surface area contributed by atoms with Crippen LogP contribution in [-0.4, -0.2) is 52.8 Å². The Bertz CT molecular complexity index is 862. The molecular weight excluding hydrogens is 399 g/mol. The summed E-state index contributed by atoms with van der Waals surface area (Å²) in [5.74, 6) is -0.515. The minimum Gasteiger partial charge on any atom is -0.394 e. The highest BCUT2D eigenvalue weighted by atomic mass is 32.1. The number of halogens is 1. The first-order valence-electron chi connectivity index (χ1n) is 9.19. The number of rotatable bonds is 7. The van der Waals surface area contributed by atoms with Crippen molar-refractivity contribution in [2.45, 2.75) is 38.1 Å². The summed E-state index contributed by atoms with van der Waals surface area (Å²) in [5.41, 5.74) is 1.29. The van der Waals surface area contributed by atoms with Gasteiger partial charge in [0.15, 0.2) is 5.13 Å². The van der Waals surface area contributed by atoms with Crippen LogP contribution in [0.15, 0.2) is 29.6 Å². The SMILES string of the molecule is CN(Cc1csc(NC(=O)NCc2cccc(F)c2)n1)C(=O)C1CC[C@H](CO)O1. The van der Waals surface area contributed by atoms with E-state index in [1.54, 1.807) is 24.6 Å². The number of hydrogen-bond donors (Lipinski definition) is 3. The second-order valence-corrected chi connectivity index (χ2v) is 7.64. The van der Waals surface area contributed by atoms with Crippen LogP contribution in [0.3, 0.4) is 0 Å². The molecule has 0 spiro atoms. The fourth-order valence-electron chi connectivity index (χ4n) is 3.00. The number of nitrogens with zero attached hydrogens (tertiary/aromatic N) is 2. The van der Waals surface area contributed by atoms with Crippen LogP contribution >= 0.6 is 11.3 Å². The van der Waals surface area contributed by atoms with Crippen molar-refractivity contribution < 1.29 is 23.8 Å². The molecule has 1 aliphatic heterocycles. The molecule has 1 unspecified atom stereocenters. The Morgan fingerprint density at radius 1 is 1.41 bits per heavy atom. The second-order valence-electron chi connectivity index (χ2n) is 6.78. The first kappa shape index (κ1) is 21.2. The molecule has 1 aromatic carbocycles. The van der Waals surface area contributed by atoms with Crippen molar-refractivity contribution in [2.24, 2.45) is 0 Å². The van der Waals surface area contributed by atoms with E-state index in [0.717, 1.165) is 0 Å². The highest BCUT2D eigenvalue weighted by Crippen LogP contribution is 2.22. The zero-order valence-electron chi connectivity index (χ0n) is 15.9. The summed E-state index contributed by atoms with van der Waals surface area (Å²) < 4.78 is 18.7. The molecule has 0 aliphatic carbocycles. The fourth-order valence-corrected chi connectivity index (χ4v) is 3.69. The van der Waals surface area contributed by atoms with Gasteiger partial charge in [0.05, 0.1) is 24.9 Å². The molecule has 2 aromatic rings. The third-order valence-electron chi connectivity index (χ3n) is 4.48. The van der Waals surface area contributed by atoms with Crippen molar-refractivity contribution in [1.82, 2.24) is 15.2 Å². The third-order valence-corrected chi connectivity index (χ3v) is 5.28. The number of urea groups is 1. The van der Waals surface area contributed by atoms with Gasteiger partial charge in [0.1, 0.15) is 11.9 Å². The van der Waals surface area contributed by atoms with E-state index >= 15 is 0 Å². The Kier molecular flexibility index (Phi) is 7.13. The van der Waals surface area contributed by atoms with E-state index in [1.165, 1.54) is 28.4 Å². The number of likely N-dealkylation sites (N-methyl/N-ethyl adjacent to an activating group) is 1. The minimum absolute atomic E-state index is 0.0874. The van der Waals surface area contributed by atoms with E-state index in [-0.39, 0.29) is 37.5 Å². The van der Waals surface area contributed by atoms with E-state index in [4.69, 9.17) is 9.84 Å². The number of thiazole rings is 1. The van der Waals surface area contributed by atoms with Crippen LogP contribution in [0, 0.1) is 5.82 Å². The summed E-state index contributed by atoms with van der Waals surface area (Å²) in [7, 11) is 1.66. The molecule has 1 aromatic heterocycles. The molecule has 2 heterocycles. The summed E-state index contributed by atoms with van der Waals surface area (Å²) in [5, 5.41) is 16.5. The molecule has 3 amide bonds. The maximum absolute atomic E-state index is 13.2. The van der Waals surface area contributed by atoms with Gasteiger partial charge in [0, 0.05) is 19.0 Å². The van der Waals surface area contributed by atoms with E-state index in [0.29, 0.717) is 29.2 Å². The van der Waals surface area contributed by atoms with Gasteiger partial charge < -0.3 is 20.1 Å². The number of ether oxygens (including phenoxy) is 1. The Balaban J connectivity index is 1.46. The Morgan fingerprint density at radius 3 is 2.97 bits per heavy atom. The number of anilines is 1. The number of nitrogens with one attached hydrogen (secondary N) is 2. The first-order chi connectivity index (χ1) is 13.9. The Hall–Kier alpha value is -2.56. The van der Waals surface area contributed by atoms with Crippen molar-refractivity contribution >= 4 is 28.4 Å². The van der Waals surface area contributed by atoms with Gasteiger partial charge in [0.25, 0.3) is 5.91 Å². The zero-order valence-corrected chi connectivity index (χ0v) is 16.7. The van der Waals surface area contributed by atoms with E-state index in [2.05, 4.69) is 15.6 Å². The average Bonchev–Trinajstić information content (AvgIpc) is 3.35. The largest absolute Gasteiger partial charge is 0.394 e. The molecule has 29 heavy (non-hydrogen) atoms. The van der Waals surface area contributed by atoms with Crippen LogP contribution in [0.4, 0.5) is 14.3 Å². The molecule has 8 nitrogen and oxygen atoms in total. The molecular formula is C19H23FN4O4S. The highest BCUT2D eigenvalue weighted by Gasteiger charge is 2.32. The number of hydrogen-bond acceptors (Lipinski definition) is 6. The maximum atomic E-state index is 13.2. The lowest BCUT2D eigenvalue weighted by atomic mass is 10.2. The summed E-state index contributed by atoms with van der Waals surface area (Å²) in [6.45, 7) is 0.386. The quantitative estimate of drug-likeness (QED) is 0.634. The zero-order chi connectivity index (χ0) is 20.8. The van der Waals surface area contributed by atoms with Gasteiger partial charge in [0.2, 0.25) is 0 Å². The van der Waals surface area contributed by atoms with Crippen molar-refractivity contribution in [3.8, 4) is 0 Å². The molecule has 1 saturated heterocycles. The van der Waals surface area contributed by atoms with Crippen LogP contribution in [-0.2, 0) is 22.6 Å². The minimum atomic E-state index is -0.540. The summed E-state index contributed by atoms with van der Waals surface area (Å²) in [6, 6.07) is 5.54. The predicted octanol–water partition coefficient (Wildman–Crippen LogP) is 2.10. The smallest absolute Gasteiger partial charge is 0.321 e. The third kappa shape index (κ3) is 5.96. The molecule has 3 N–H and O–H groups in total. The highest BCUT2D eigenvalue weighted by molar-refractivity contribution is 7.13. The summed E-state index contributed by atoms with van der Waals surface area (Å²) >= 11 is 1.25. The Morgan fingerprint density at radius 2 is 2.24 bits per heavy atom. The van der Waals surface area contributed by atoms with Gasteiger partial charge in [-0.3, -0.25) is 10.1 Å². The molecule has 1 fully saturated rings. The molecule has 10 heteroatoms. The predicted molar refractivity (Wildman–Crippen MR) is 106 cm³/mol. The van der Waals surface area contributed by atoms with Crippen molar-refractivity contribution in [2.75, 3.05) is 19.0 Å². The molecule has 2 atom stereocenters. The van der Waals surface area contributed by atoms with Crippen molar-refractivity contribution in [3.05, 3.63) is 46.7 Å². The van der Waals surface area contributed by atoms with Gasteiger partial charge in [-0.15, -0.1) is 11.3 Å². The maximum Gasteiger partial charge on any atom is 0.321 e. The number of aliphatic hydroxyl groups is 1. The van der Waals surface area contributed by atoms with Crippen LogP contribution in [0.1, 0.15) is 24.1 Å². The van der Waals surface area contributed by atoms with Gasteiger partial charge in [-0.05, 0) is 30.5 Å². The van der Waals surface area contributed by atoms with Gasteiger partial charge in [-0.2, -0.15) is 0 Å². The molecule has 0 bridgehead atoms. The number of carbonyl (C=O) groups is 2. The topological polar surface area (TPSA) is 104 Å². The summed E-state index contributed by atoms with van der Waals surface area (Å²) in [6.07, 6.45) is 0.431. The van der Waals surface area contributed by atoms with E-state index < -0.39 is 12.1 Å². The van der Waals surface area contributed by atoms with Gasteiger partial charge in [-0.25, -0.2) is 14.2 Å². The van der Waals surface area contributed by atoms with Crippen LogP contribution in [0.2, 0.25) is 0 Å². The number of amides is 3. The van der Waals surface area contributed by atoms with E-state index in [1.807, 2.05) is 0 Å². The van der Waals surface area contributed by atoms with Crippen LogP contribution < -0.4 is 10.6 Å². The number of benzene rings is 1. The number of aromatic nitrogens is 1. The molecule has 3 rings (SSSR count). The normalized spacial score (nSPS) is 18.4. The number of aliphatic hydroxyl groups excluding tert-OH is 1. The Labute approximate surface area is 171 Å². The van der Waals surface area contributed by atoms with E-state index in [9.17, 15) is 14.0 Å². The molecule has 156 valence electrons. The molecule has 0 radical (unpaired) electrons. The lowest BCUT2D eigenvalue weighted by Crippen LogP contribution is -2.36. The monoisotopic (exact) mass is 422 g/mol. The molecule has 0 saturated carbocycles. The lowest BCUT2D eigenvalue weighted by Gasteiger charge is -2.20. The van der Waals surface area contributed by atoms with Gasteiger partial charge in [-0.1, -0.05) is 12.1 Å². The summed E-state index contributed by atoms with van der Waals surface area (Å²) in [4.78, 5) is 30.3. The van der Waals surface area contributed by atoms with Crippen LogP contribution in [0.25, 0.3) is 0 Å². The lowest BCUT2D eigenvalue weighted by molar-refractivity contribution is -0.142. The van der Waals surface area contributed by atoms with Crippen molar-refractivity contribution in [3.63, 3.8) is 0 Å².